The molecule has 0 radical (unpaired) electrons. The number of ether oxygens (including phenoxy) is 3. The number of rotatable bonds is 5. The molecule has 166 valence electrons. The van der Waals surface area contributed by atoms with Crippen molar-refractivity contribution in [2.24, 2.45) is 0 Å². The van der Waals surface area contributed by atoms with Crippen LogP contribution in [0, 0.1) is 0 Å². The number of fused-ring (bicyclic) bond motifs is 2. The van der Waals surface area contributed by atoms with Gasteiger partial charge in [-0.05, 0) is 36.6 Å². The summed E-state index contributed by atoms with van der Waals surface area (Å²) in [7, 11) is 0. The molecule has 1 aromatic heterocycles. The van der Waals surface area contributed by atoms with Crippen molar-refractivity contribution in [2.75, 3.05) is 19.8 Å². The van der Waals surface area contributed by atoms with Crippen molar-refractivity contribution >= 4 is 28.4 Å². The maximum absolute atomic E-state index is 13.2. The van der Waals surface area contributed by atoms with Crippen LogP contribution in [0.25, 0.3) is 10.9 Å². The standard InChI is InChI=1S/C24H23ClN2O5/c25-18-5-2-1-4-15(18)13-27(24(29)20-6-3-7-30-20)14-17-10-16-11-21-22(32-9-8-31-21)12-19(16)26-23(17)28/h1-2,4-5,10-12,20H,3,6-9,13-14H2,(H,26,28)/t20-/m0/s1. The SMILES string of the molecule is O=C([C@@H]1CCCO1)N(Cc1ccccc1Cl)Cc1cc2cc3c(cc2[nH]c1=O)OCCO3. The van der Waals surface area contributed by atoms with Gasteiger partial charge < -0.3 is 24.1 Å². The molecule has 0 unspecified atom stereocenters. The first-order valence-corrected chi connectivity index (χ1v) is 11.1. The summed E-state index contributed by atoms with van der Waals surface area (Å²) in [4.78, 5) is 30.7. The monoisotopic (exact) mass is 454 g/mol. The van der Waals surface area contributed by atoms with E-state index in [-0.39, 0.29) is 24.6 Å². The van der Waals surface area contributed by atoms with Crippen LogP contribution in [0.15, 0.2) is 47.3 Å². The van der Waals surface area contributed by atoms with E-state index in [9.17, 15) is 9.59 Å². The highest BCUT2D eigenvalue weighted by Gasteiger charge is 2.29. The number of nitrogens with one attached hydrogen (secondary N) is 1. The third-order valence-electron chi connectivity index (χ3n) is 5.78. The Morgan fingerprint density at radius 1 is 1.03 bits per heavy atom. The average molecular weight is 455 g/mol. The minimum Gasteiger partial charge on any atom is -0.486 e. The molecule has 3 heterocycles. The van der Waals surface area contributed by atoms with Crippen LogP contribution in [0.5, 0.6) is 11.5 Å². The number of benzene rings is 2. The molecular weight excluding hydrogens is 432 g/mol. The number of aromatic amines is 1. The number of hydrogen-bond acceptors (Lipinski definition) is 5. The number of aromatic nitrogens is 1. The summed E-state index contributed by atoms with van der Waals surface area (Å²) in [5, 5.41) is 1.39. The highest BCUT2D eigenvalue weighted by molar-refractivity contribution is 6.31. The fourth-order valence-corrected chi connectivity index (χ4v) is 4.33. The zero-order valence-corrected chi connectivity index (χ0v) is 18.2. The number of hydrogen-bond donors (Lipinski definition) is 1. The maximum Gasteiger partial charge on any atom is 0.253 e. The van der Waals surface area contributed by atoms with E-state index in [1.54, 1.807) is 23.1 Å². The van der Waals surface area contributed by atoms with Crippen LogP contribution in [0.3, 0.4) is 0 Å². The van der Waals surface area contributed by atoms with Crippen LogP contribution in [0.2, 0.25) is 5.02 Å². The molecule has 7 nitrogen and oxygen atoms in total. The Morgan fingerprint density at radius 2 is 1.78 bits per heavy atom. The number of amides is 1. The van der Waals surface area contributed by atoms with Crippen molar-refractivity contribution in [1.82, 2.24) is 9.88 Å². The van der Waals surface area contributed by atoms with Crippen LogP contribution < -0.4 is 15.0 Å². The predicted octanol–water partition coefficient (Wildman–Crippen LogP) is 3.66. The number of carbonyl (C=O) groups excluding carboxylic acids is 1. The van der Waals surface area contributed by atoms with Crippen molar-refractivity contribution in [1.29, 1.82) is 0 Å². The lowest BCUT2D eigenvalue weighted by molar-refractivity contribution is -0.142. The molecule has 0 spiro atoms. The van der Waals surface area contributed by atoms with Crippen molar-refractivity contribution < 1.29 is 19.0 Å². The van der Waals surface area contributed by atoms with Crippen molar-refractivity contribution in [3.8, 4) is 11.5 Å². The second-order valence-corrected chi connectivity index (χ2v) is 8.40. The number of H-pyrrole nitrogens is 1. The fraction of sp³-hybridized carbons (Fsp3) is 0.333. The first-order valence-electron chi connectivity index (χ1n) is 10.7. The van der Waals surface area contributed by atoms with Gasteiger partial charge in [0.05, 0.1) is 12.1 Å². The summed E-state index contributed by atoms with van der Waals surface area (Å²) >= 11 is 6.35. The van der Waals surface area contributed by atoms with Gasteiger partial charge in [-0.25, -0.2) is 0 Å². The van der Waals surface area contributed by atoms with Gasteiger partial charge in [-0.15, -0.1) is 0 Å². The number of halogens is 1. The summed E-state index contributed by atoms with van der Waals surface area (Å²) < 4.78 is 16.9. The van der Waals surface area contributed by atoms with E-state index in [0.717, 1.165) is 17.4 Å². The smallest absolute Gasteiger partial charge is 0.253 e. The first kappa shape index (κ1) is 20.8. The molecule has 8 heteroatoms. The lowest BCUT2D eigenvalue weighted by atomic mass is 10.1. The highest BCUT2D eigenvalue weighted by Crippen LogP contribution is 2.34. The summed E-state index contributed by atoms with van der Waals surface area (Å²) in [6.45, 7) is 1.96. The van der Waals surface area contributed by atoms with E-state index in [4.69, 9.17) is 25.8 Å². The van der Waals surface area contributed by atoms with Gasteiger partial charge in [0.25, 0.3) is 11.5 Å². The van der Waals surface area contributed by atoms with Gasteiger partial charge in [-0.3, -0.25) is 9.59 Å². The molecule has 5 rings (SSSR count). The Bertz CT molecular complexity index is 1220. The summed E-state index contributed by atoms with van der Waals surface area (Å²) in [6.07, 6.45) is 1.03. The molecule has 0 bridgehead atoms. The minimum absolute atomic E-state index is 0.135. The zero-order chi connectivity index (χ0) is 22.1. The molecule has 1 N–H and O–H groups in total. The fourth-order valence-electron chi connectivity index (χ4n) is 4.13. The van der Waals surface area contributed by atoms with Crippen LogP contribution in [-0.4, -0.2) is 41.7 Å². The summed E-state index contributed by atoms with van der Waals surface area (Å²) in [5.41, 5.74) is 1.70. The normalized spacial score (nSPS) is 17.5. The lowest BCUT2D eigenvalue weighted by Gasteiger charge is -2.26. The first-order chi connectivity index (χ1) is 15.6. The van der Waals surface area contributed by atoms with E-state index < -0.39 is 6.10 Å². The lowest BCUT2D eigenvalue weighted by Crippen LogP contribution is -2.39. The van der Waals surface area contributed by atoms with Gasteiger partial charge in [-0.1, -0.05) is 29.8 Å². The average Bonchev–Trinajstić information content (AvgIpc) is 3.34. The van der Waals surface area contributed by atoms with Crippen LogP contribution in [0.4, 0.5) is 0 Å². The molecule has 3 aromatic rings. The van der Waals surface area contributed by atoms with Crippen LogP contribution in [0.1, 0.15) is 24.0 Å². The van der Waals surface area contributed by atoms with E-state index in [2.05, 4.69) is 4.98 Å². The van der Waals surface area contributed by atoms with E-state index in [1.165, 1.54) is 0 Å². The van der Waals surface area contributed by atoms with E-state index in [0.29, 0.717) is 53.8 Å². The molecule has 2 aliphatic rings. The van der Waals surface area contributed by atoms with Crippen LogP contribution in [-0.2, 0) is 22.6 Å². The zero-order valence-electron chi connectivity index (χ0n) is 17.4. The Morgan fingerprint density at radius 3 is 2.53 bits per heavy atom. The van der Waals surface area contributed by atoms with Gasteiger partial charge in [0.1, 0.15) is 19.3 Å². The quantitative estimate of drug-likeness (QED) is 0.636. The molecular formula is C24H23ClN2O5. The molecule has 2 aliphatic heterocycles. The summed E-state index contributed by atoms with van der Waals surface area (Å²) in [5.74, 6) is 1.12. The Labute approximate surface area is 189 Å². The predicted molar refractivity (Wildman–Crippen MR) is 120 cm³/mol. The van der Waals surface area contributed by atoms with Crippen molar-refractivity contribution in [2.45, 2.75) is 32.0 Å². The van der Waals surface area contributed by atoms with Gasteiger partial charge >= 0.3 is 0 Å². The van der Waals surface area contributed by atoms with Gasteiger partial charge in [0.15, 0.2) is 11.5 Å². The molecule has 0 aliphatic carbocycles. The largest absolute Gasteiger partial charge is 0.486 e. The van der Waals surface area contributed by atoms with Gasteiger partial charge in [-0.2, -0.15) is 0 Å². The molecule has 1 atom stereocenters. The highest BCUT2D eigenvalue weighted by atomic mass is 35.5. The molecule has 0 saturated carbocycles. The Balaban J connectivity index is 1.49. The second-order valence-electron chi connectivity index (χ2n) is 7.99. The van der Waals surface area contributed by atoms with E-state index in [1.807, 2.05) is 24.3 Å². The molecule has 1 amide bonds. The molecule has 32 heavy (non-hydrogen) atoms. The number of nitrogens with zero attached hydrogens (tertiary/aromatic N) is 1. The molecule has 1 saturated heterocycles. The number of carbonyl (C=O) groups is 1. The summed E-state index contributed by atoms with van der Waals surface area (Å²) in [6, 6.07) is 12.8. The molecule has 2 aromatic carbocycles. The third kappa shape index (κ3) is 4.18. The topological polar surface area (TPSA) is 80.9 Å². The van der Waals surface area contributed by atoms with E-state index >= 15 is 0 Å². The van der Waals surface area contributed by atoms with Crippen molar-refractivity contribution in [3.05, 3.63) is 69.0 Å². The van der Waals surface area contributed by atoms with Gasteiger partial charge in [0, 0.05) is 35.2 Å². The van der Waals surface area contributed by atoms with Crippen LogP contribution >= 0.6 is 11.6 Å². The minimum atomic E-state index is -0.491. The van der Waals surface area contributed by atoms with Gasteiger partial charge in [0.2, 0.25) is 0 Å². The Kier molecular flexibility index (Phi) is 5.76. The maximum atomic E-state index is 13.2. The Hall–Kier alpha value is -3.03. The number of pyridine rings is 1. The van der Waals surface area contributed by atoms with Crippen molar-refractivity contribution in [3.63, 3.8) is 0 Å². The third-order valence-corrected chi connectivity index (χ3v) is 6.15. The second kappa shape index (κ2) is 8.84. The molecule has 1 fully saturated rings.